The van der Waals surface area contributed by atoms with Crippen LogP contribution in [0.2, 0.25) is 0 Å². The van der Waals surface area contributed by atoms with Crippen molar-refractivity contribution in [1.82, 2.24) is 19.8 Å². The SMILES string of the molecule is Cc1cccc2c(=O)n(CCC(=O)NCc3ccccc3N3CCN(C)CC3)cnc12. The summed E-state index contributed by atoms with van der Waals surface area (Å²) in [4.78, 5) is 34.3. The number of fused-ring (bicyclic) bond motifs is 1. The smallest absolute Gasteiger partial charge is 0.261 e. The molecule has 0 aliphatic carbocycles. The molecule has 1 amide bonds. The first-order chi connectivity index (χ1) is 15.0. The number of aromatic nitrogens is 2. The van der Waals surface area contributed by atoms with Gasteiger partial charge in [0.15, 0.2) is 0 Å². The van der Waals surface area contributed by atoms with Crippen LogP contribution in [0, 0.1) is 6.92 Å². The van der Waals surface area contributed by atoms with E-state index in [0.717, 1.165) is 37.3 Å². The van der Waals surface area contributed by atoms with Gasteiger partial charge in [0.1, 0.15) is 0 Å². The van der Waals surface area contributed by atoms with Gasteiger partial charge in [-0.25, -0.2) is 4.98 Å². The molecule has 0 spiro atoms. The van der Waals surface area contributed by atoms with Gasteiger partial charge in [-0.05, 0) is 37.2 Å². The number of anilines is 1. The molecule has 3 aromatic rings. The molecule has 1 aliphatic rings. The standard InChI is InChI=1S/C24H29N5O2/c1-18-6-5-8-20-23(18)26-17-29(24(20)31)11-10-22(30)25-16-19-7-3-4-9-21(19)28-14-12-27(2)13-15-28/h3-9,17H,10-16H2,1-2H3,(H,25,30). The minimum Gasteiger partial charge on any atom is -0.369 e. The molecular formula is C24H29N5O2. The maximum atomic E-state index is 12.7. The van der Waals surface area contributed by atoms with Gasteiger partial charge in [0, 0.05) is 51.4 Å². The number of aryl methyl sites for hydroxylation is 2. The summed E-state index contributed by atoms with van der Waals surface area (Å²) in [5.74, 6) is -0.0792. The van der Waals surface area contributed by atoms with Crippen molar-refractivity contribution in [3.8, 4) is 0 Å². The minimum atomic E-state index is -0.109. The molecule has 4 rings (SSSR count). The molecule has 0 atom stereocenters. The lowest BCUT2D eigenvalue weighted by atomic mass is 10.1. The van der Waals surface area contributed by atoms with Gasteiger partial charge in [0.05, 0.1) is 17.2 Å². The Kier molecular flexibility index (Phi) is 6.32. The fourth-order valence-corrected chi connectivity index (χ4v) is 4.02. The number of piperazine rings is 1. The van der Waals surface area contributed by atoms with Crippen molar-refractivity contribution in [3.05, 3.63) is 70.3 Å². The Labute approximate surface area is 182 Å². The largest absolute Gasteiger partial charge is 0.369 e. The van der Waals surface area contributed by atoms with Crippen molar-refractivity contribution in [2.45, 2.75) is 26.4 Å². The van der Waals surface area contributed by atoms with Crippen LogP contribution in [0.1, 0.15) is 17.5 Å². The highest BCUT2D eigenvalue weighted by Gasteiger charge is 2.17. The second kappa shape index (κ2) is 9.31. The molecule has 162 valence electrons. The van der Waals surface area contributed by atoms with E-state index in [4.69, 9.17) is 0 Å². The van der Waals surface area contributed by atoms with Gasteiger partial charge < -0.3 is 15.1 Å². The van der Waals surface area contributed by atoms with E-state index in [1.807, 2.05) is 31.2 Å². The first-order valence-corrected chi connectivity index (χ1v) is 10.8. The van der Waals surface area contributed by atoms with Gasteiger partial charge in [0.2, 0.25) is 5.91 Å². The van der Waals surface area contributed by atoms with Crippen molar-refractivity contribution in [3.63, 3.8) is 0 Å². The van der Waals surface area contributed by atoms with Crippen LogP contribution in [0.5, 0.6) is 0 Å². The summed E-state index contributed by atoms with van der Waals surface area (Å²) in [6.45, 7) is 6.76. The monoisotopic (exact) mass is 419 g/mol. The molecular weight excluding hydrogens is 390 g/mol. The number of amides is 1. The van der Waals surface area contributed by atoms with E-state index in [9.17, 15) is 9.59 Å². The van der Waals surface area contributed by atoms with Gasteiger partial charge >= 0.3 is 0 Å². The average Bonchev–Trinajstić information content (AvgIpc) is 2.78. The second-order valence-electron chi connectivity index (χ2n) is 8.16. The Morgan fingerprint density at radius 2 is 1.84 bits per heavy atom. The van der Waals surface area contributed by atoms with Gasteiger partial charge in [-0.2, -0.15) is 0 Å². The van der Waals surface area contributed by atoms with Gasteiger partial charge in [-0.1, -0.05) is 30.3 Å². The van der Waals surface area contributed by atoms with Crippen LogP contribution in [0.4, 0.5) is 5.69 Å². The Balaban J connectivity index is 1.37. The molecule has 1 fully saturated rings. The maximum absolute atomic E-state index is 12.7. The zero-order valence-electron chi connectivity index (χ0n) is 18.2. The quantitative estimate of drug-likeness (QED) is 0.663. The molecule has 1 saturated heterocycles. The first kappa shape index (κ1) is 21.1. The number of hydrogen-bond acceptors (Lipinski definition) is 5. The molecule has 31 heavy (non-hydrogen) atoms. The first-order valence-electron chi connectivity index (χ1n) is 10.8. The predicted molar refractivity (Wildman–Crippen MR) is 123 cm³/mol. The van der Waals surface area contributed by atoms with E-state index in [0.29, 0.717) is 24.0 Å². The van der Waals surface area contributed by atoms with Crippen molar-refractivity contribution in [2.75, 3.05) is 38.1 Å². The number of nitrogens with one attached hydrogen (secondary N) is 1. The molecule has 0 radical (unpaired) electrons. The van der Waals surface area contributed by atoms with Crippen LogP contribution < -0.4 is 15.8 Å². The highest BCUT2D eigenvalue weighted by molar-refractivity contribution is 5.80. The number of para-hydroxylation sites is 2. The average molecular weight is 420 g/mol. The summed E-state index contributed by atoms with van der Waals surface area (Å²) < 4.78 is 1.51. The Morgan fingerprint density at radius 1 is 1.06 bits per heavy atom. The summed E-state index contributed by atoms with van der Waals surface area (Å²) in [6, 6.07) is 13.8. The van der Waals surface area contributed by atoms with Crippen LogP contribution in [-0.4, -0.2) is 53.6 Å². The predicted octanol–water partition coefficient (Wildman–Crippen LogP) is 2.16. The van der Waals surface area contributed by atoms with Gasteiger partial charge in [-0.3, -0.25) is 14.2 Å². The highest BCUT2D eigenvalue weighted by Crippen LogP contribution is 2.21. The Bertz CT molecular complexity index is 1130. The third-order valence-electron chi connectivity index (χ3n) is 5.95. The molecule has 7 nitrogen and oxygen atoms in total. The molecule has 2 heterocycles. The Hall–Kier alpha value is -3.19. The zero-order valence-corrected chi connectivity index (χ0v) is 18.2. The Morgan fingerprint density at radius 3 is 2.65 bits per heavy atom. The summed E-state index contributed by atoms with van der Waals surface area (Å²) in [5.41, 5.74) is 3.87. The maximum Gasteiger partial charge on any atom is 0.261 e. The summed E-state index contributed by atoms with van der Waals surface area (Å²) in [6.07, 6.45) is 1.77. The molecule has 1 N–H and O–H groups in total. The molecule has 0 saturated carbocycles. The van der Waals surface area contributed by atoms with Crippen LogP contribution in [0.15, 0.2) is 53.6 Å². The van der Waals surface area contributed by atoms with E-state index in [1.54, 1.807) is 6.07 Å². The third kappa shape index (κ3) is 4.77. The lowest BCUT2D eigenvalue weighted by Gasteiger charge is -2.35. The fourth-order valence-electron chi connectivity index (χ4n) is 4.02. The third-order valence-corrected chi connectivity index (χ3v) is 5.95. The normalized spacial score (nSPS) is 14.7. The van der Waals surface area contributed by atoms with E-state index in [2.05, 4.69) is 39.3 Å². The van der Waals surface area contributed by atoms with Gasteiger partial charge in [0.25, 0.3) is 5.56 Å². The molecule has 2 aromatic carbocycles. The van der Waals surface area contributed by atoms with Crippen LogP contribution in [-0.2, 0) is 17.9 Å². The van der Waals surface area contributed by atoms with Crippen molar-refractivity contribution < 1.29 is 4.79 Å². The lowest BCUT2D eigenvalue weighted by Crippen LogP contribution is -2.45. The summed E-state index contributed by atoms with van der Waals surface area (Å²) in [5, 5.41) is 3.60. The molecule has 1 aromatic heterocycles. The number of nitrogens with zero attached hydrogens (tertiary/aromatic N) is 4. The van der Waals surface area contributed by atoms with Crippen molar-refractivity contribution in [1.29, 1.82) is 0 Å². The van der Waals surface area contributed by atoms with Crippen LogP contribution >= 0.6 is 0 Å². The molecule has 0 unspecified atom stereocenters. The molecule has 0 bridgehead atoms. The van der Waals surface area contributed by atoms with E-state index < -0.39 is 0 Å². The van der Waals surface area contributed by atoms with Crippen molar-refractivity contribution >= 4 is 22.5 Å². The zero-order chi connectivity index (χ0) is 21.8. The molecule has 7 heteroatoms. The number of benzene rings is 2. The summed E-state index contributed by atoms with van der Waals surface area (Å²) in [7, 11) is 2.14. The summed E-state index contributed by atoms with van der Waals surface area (Å²) >= 11 is 0. The second-order valence-corrected chi connectivity index (χ2v) is 8.16. The number of carbonyl (C=O) groups is 1. The van der Waals surface area contributed by atoms with Gasteiger partial charge in [-0.15, -0.1) is 0 Å². The topological polar surface area (TPSA) is 70.5 Å². The highest BCUT2D eigenvalue weighted by atomic mass is 16.1. The van der Waals surface area contributed by atoms with E-state index in [1.165, 1.54) is 16.6 Å². The number of hydrogen-bond donors (Lipinski definition) is 1. The minimum absolute atomic E-state index is 0.0792. The van der Waals surface area contributed by atoms with Crippen molar-refractivity contribution in [2.24, 2.45) is 0 Å². The fraction of sp³-hybridized carbons (Fsp3) is 0.375. The number of rotatable bonds is 6. The van der Waals surface area contributed by atoms with E-state index in [-0.39, 0.29) is 17.9 Å². The lowest BCUT2D eigenvalue weighted by molar-refractivity contribution is -0.121. The number of likely N-dealkylation sites (N-methyl/N-ethyl adjacent to an activating group) is 1. The number of carbonyl (C=O) groups excluding carboxylic acids is 1. The van der Waals surface area contributed by atoms with Crippen LogP contribution in [0.25, 0.3) is 10.9 Å². The van der Waals surface area contributed by atoms with E-state index >= 15 is 0 Å². The molecule has 1 aliphatic heterocycles. The van der Waals surface area contributed by atoms with Crippen LogP contribution in [0.3, 0.4) is 0 Å².